The third-order valence-corrected chi connectivity index (χ3v) is 2.61. The highest BCUT2D eigenvalue weighted by atomic mass is 19.2. The summed E-state index contributed by atoms with van der Waals surface area (Å²) in [5.41, 5.74) is 0.765. The molecular formula is C12H17F2N. The maximum absolute atomic E-state index is 12.9. The van der Waals surface area contributed by atoms with Crippen LogP contribution in [-0.2, 0) is 6.54 Å². The molecule has 0 saturated carbocycles. The van der Waals surface area contributed by atoms with Gasteiger partial charge in [0.25, 0.3) is 0 Å². The van der Waals surface area contributed by atoms with Crippen LogP contribution in [0.2, 0.25) is 0 Å². The van der Waals surface area contributed by atoms with E-state index in [0.717, 1.165) is 11.6 Å². The Labute approximate surface area is 89.5 Å². The van der Waals surface area contributed by atoms with E-state index in [1.165, 1.54) is 6.07 Å². The van der Waals surface area contributed by atoms with Crippen LogP contribution in [0, 0.1) is 17.6 Å². The topological polar surface area (TPSA) is 12.0 Å². The summed E-state index contributed by atoms with van der Waals surface area (Å²) in [6.45, 7) is 6.87. The molecule has 0 aliphatic carbocycles. The molecule has 1 atom stereocenters. The second kappa shape index (κ2) is 5.21. The number of nitrogens with one attached hydrogen (secondary N) is 1. The predicted octanol–water partition coefficient (Wildman–Crippen LogP) is 3.10. The van der Waals surface area contributed by atoms with Crippen molar-refractivity contribution in [2.24, 2.45) is 5.92 Å². The van der Waals surface area contributed by atoms with Crippen molar-refractivity contribution in [1.29, 1.82) is 0 Å². The lowest BCUT2D eigenvalue weighted by Crippen LogP contribution is -2.30. The second-order valence-corrected chi connectivity index (χ2v) is 4.16. The van der Waals surface area contributed by atoms with Crippen LogP contribution in [0.15, 0.2) is 18.2 Å². The molecule has 0 aliphatic heterocycles. The normalized spacial score (nSPS) is 13.2. The molecule has 0 saturated heterocycles. The lowest BCUT2D eigenvalue weighted by atomic mass is 10.1. The van der Waals surface area contributed by atoms with E-state index in [0.29, 0.717) is 18.5 Å². The molecule has 1 unspecified atom stereocenters. The molecule has 0 heterocycles. The lowest BCUT2D eigenvalue weighted by molar-refractivity contribution is 0.425. The van der Waals surface area contributed by atoms with Crippen LogP contribution in [0.5, 0.6) is 0 Å². The number of halogens is 2. The summed E-state index contributed by atoms with van der Waals surface area (Å²) in [6, 6.07) is 4.35. The van der Waals surface area contributed by atoms with E-state index in [4.69, 9.17) is 0 Å². The van der Waals surface area contributed by atoms with Crippen LogP contribution >= 0.6 is 0 Å². The Morgan fingerprint density at radius 3 is 2.33 bits per heavy atom. The van der Waals surface area contributed by atoms with E-state index in [2.05, 4.69) is 26.1 Å². The van der Waals surface area contributed by atoms with Gasteiger partial charge in [0.1, 0.15) is 0 Å². The van der Waals surface area contributed by atoms with Crippen LogP contribution in [0.25, 0.3) is 0 Å². The summed E-state index contributed by atoms with van der Waals surface area (Å²) < 4.78 is 25.5. The van der Waals surface area contributed by atoms with Gasteiger partial charge in [0, 0.05) is 12.6 Å². The first kappa shape index (κ1) is 12.1. The number of benzene rings is 1. The maximum atomic E-state index is 12.9. The Morgan fingerprint density at radius 1 is 1.13 bits per heavy atom. The fraction of sp³-hybridized carbons (Fsp3) is 0.500. The molecule has 1 rings (SSSR count). The van der Waals surface area contributed by atoms with Crippen LogP contribution in [0.3, 0.4) is 0 Å². The van der Waals surface area contributed by atoms with Gasteiger partial charge >= 0.3 is 0 Å². The van der Waals surface area contributed by atoms with Crippen molar-refractivity contribution in [2.75, 3.05) is 0 Å². The minimum atomic E-state index is -0.796. The van der Waals surface area contributed by atoms with Crippen molar-refractivity contribution in [2.45, 2.75) is 33.4 Å². The maximum Gasteiger partial charge on any atom is 0.159 e. The first-order chi connectivity index (χ1) is 7.00. The number of rotatable bonds is 4. The second-order valence-electron chi connectivity index (χ2n) is 4.16. The van der Waals surface area contributed by atoms with Gasteiger partial charge in [0.05, 0.1) is 0 Å². The fourth-order valence-electron chi connectivity index (χ4n) is 1.16. The van der Waals surface area contributed by atoms with Crippen molar-refractivity contribution in [3.63, 3.8) is 0 Å². The summed E-state index contributed by atoms with van der Waals surface area (Å²) >= 11 is 0. The Kier molecular flexibility index (Phi) is 4.21. The first-order valence-electron chi connectivity index (χ1n) is 5.18. The van der Waals surface area contributed by atoms with E-state index < -0.39 is 11.6 Å². The average Bonchev–Trinajstić information content (AvgIpc) is 2.19. The Hall–Kier alpha value is -0.960. The van der Waals surface area contributed by atoms with E-state index in [-0.39, 0.29) is 0 Å². The first-order valence-corrected chi connectivity index (χ1v) is 5.18. The zero-order valence-electron chi connectivity index (χ0n) is 9.35. The summed E-state index contributed by atoms with van der Waals surface area (Å²) in [6.07, 6.45) is 0. The van der Waals surface area contributed by atoms with E-state index in [1.807, 2.05) is 0 Å². The van der Waals surface area contributed by atoms with Crippen LogP contribution in [0.4, 0.5) is 8.78 Å². The van der Waals surface area contributed by atoms with Gasteiger partial charge in [-0.2, -0.15) is 0 Å². The Balaban J connectivity index is 2.55. The van der Waals surface area contributed by atoms with Gasteiger partial charge in [-0.15, -0.1) is 0 Å². The lowest BCUT2D eigenvalue weighted by Gasteiger charge is -2.17. The van der Waals surface area contributed by atoms with Crippen LogP contribution < -0.4 is 5.32 Å². The van der Waals surface area contributed by atoms with Gasteiger partial charge in [-0.25, -0.2) is 8.78 Å². The molecule has 0 fully saturated rings. The van der Waals surface area contributed by atoms with Gasteiger partial charge < -0.3 is 5.32 Å². The molecule has 84 valence electrons. The van der Waals surface area contributed by atoms with Crippen LogP contribution in [0.1, 0.15) is 26.3 Å². The number of hydrogen-bond donors (Lipinski definition) is 1. The molecule has 3 heteroatoms. The summed E-state index contributed by atoms with van der Waals surface area (Å²) in [5.74, 6) is -1.06. The highest BCUT2D eigenvalue weighted by molar-refractivity contribution is 5.17. The molecule has 1 nitrogen and oxygen atoms in total. The average molecular weight is 213 g/mol. The van der Waals surface area contributed by atoms with Gasteiger partial charge in [0.2, 0.25) is 0 Å². The molecule has 1 N–H and O–H groups in total. The van der Waals surface area contributed by atoms with Gasteiger partial charge in [-0.1, -0.05) is 19.9 Å². The fourth-order valence-corrected chi connectivity index (χ4v) is 1.16. The molecule has 0 radical (unpaired) electrons. The van der Waals surface area contributed by atoms with Gasteiger partial charge in [-0.05, 0) is 30.5 Å². The standard InChI is InChI=1S/C12H17F2N/c1-8(2)9(3)15-7-10-4-5-11(13)12(14)6-10/h4-6,8-9,15H,7H2,1-3H3. The molecular weight excluding hydrogens is 196 g/mol. The van der Waals surface area contributed by atoms with Crippen LogP contribution in [-0.4, -0.2) is 6.04 Å². The number of hydrogen-bond acceptors (Lipinski definition) is 1. The minimum Gasteiger partial charge on any atom is -0.310 e. The molecule has 0 spiro atoms. The minimum absolute atomic E-state index is 0.359. The summed E-state index contributed by atoms with van der Waals surface area (Å²) in [7, 11) is 0. The van der Waals surface area contributed by atoms with E-state index >= 15 is 0 Å². The Bertz CT molecular complexity index is 323. The van der Waals surface area contributed by atoms with E-state index in [9.17, 15) is 8.78 Å². The molecule has 15 heavy (non-hydrogen) atoms. The van der Waals surface area contributed by atoms with Crippen molar-refractivity contribution >= 4 is 0 Å². The summed E-state index contributed by atoms with van der Waals surface area (Å²) in [5, 5.41) is 3.26. The Morgan fingerprint density at radius 2 is 1.80 bits per heavy atom. The molecule has 1 aromatic rings. The van der Waals surface area contributed by atoms with Gasteiger partial charge in [0.15, 0.2) is 11.6 Å². The van der Waals surface area contributed by atoms with Gasteiger partial charge in [-0.3, -0.25) is 0 Å². The smallest absolute Gasteiger partial charge is 0.159 e. The SMILES string of the molecule is CC(C)C(C)NCc1ccc(F)c(F)c1. The van der Waals surface area contributed by atoms with Crippen molar-refractivity contribution in [1.82, 2.24) is 5.32 Å². The zero-order chi connectivity index (χ0) is 11.4. The molecule has 0 aromatic heterocycles. The quantitative estimate of drug-likeness (QED) is 0.810. The van der Waals surface area contributed by atoms with Crippen molar-refractivity contribution in [3.8, 4) is 0 Å². The third kappa shape index (κ3) is 3.59. The highest BCUT2D eigenvalue weighted by Gasteiger charge is 2.07. The summed E-state index contributed by atoms with van der Waals surface area (Å²) in [4.78, 5) is 0. The molecule has 0 bridgehead atoms. The highest BCUT2D eigenvalue weighted by Crippen LogP contribution is 2.09. The van der Waals surface area contributed by atoms with Crippen molar-refractivity contribution in [3.05, 3.63) is 35.4 Å². The molecule has 1 aromatic carbocycles. The van der Waals surface area contributed by atoms with Crippen molar-refractivity contribution < 1.29 is 8.78 Å². The largest absolute Gasteiger partial charge is 0.310 e. The monoisotopic (exact) mass is 213 g/mol. The van der Waals surface area contributed by atoms with E-state index in [1.54, 1.807) is 6.07 Å². The molecule has 0 amide bonds. The predicted molar refractivity (Wildman–Crippen MR) is 57.5 cm³/mol. The zero-order valence-corrected chi connectivity index (χ0v) is 9.35. The molecule has 0 aliphatic rings. The third-order valence-electron chi connectivity index (χ3n) is 2.61.